The van der Waals surface area contributed by atoms with Crippen LogP contribution in [0.3, 0.4) is 0 Å². The van der Waals surface area contributed by atoms with Crippen LogP contribution in [-0.2, 0) is 9.53 Å². The van der Waals surface area contributed by atoms with Crippen molar-refractivity contribution in [3.05, 3.63) is 0 Å². The highest BCUT2D eigenvalue weighted by Crippen LogP contribution is 2.17. The minimum Gasteiger partial charge on any atom is -0.394 e. The molecule has 4 heteroatoms. The van der Waals surface area contributed by atoms with Gasteiger partial charge in [-0.1, -0.05) is 0 Å². The van der Waals surface area contributed by atoms with Gasteiger partial charge in [-0.05, 0) is 19.3 Å². The summed E-state index contributed by atoms with van der Waals surface area (Å²) >= 11 is 0. The second-order valence-electron chi connectivity index (χ2n) is 3.66. The SMILES string of the molecule is COCCCC(=O)N1CCC[C@H]1CO. The molecule has 1 fully saturated rings. The van der Waals surface area contributed by atoms with Crippen molar-refractivity contribution in [2.24, 2.45) is 0 Å². The summed E-state index contributed by atoms with van der Waals surface area (Å²) in [6.07, 6.45) is 3.25. The van der Waals surface area contributed by atoms with E-state index in [0.717, 1.165) is 25.8 Å². The van der Waals surface area contributed by atoms with Crippen LogP contribution < -0.4 is 0 Å². The van der Waals surface area contributed by atoms with E-state index in [4.69, 9.17) is 9.84 Å². The summed E-state index contributed by atoms with van der Waals surface area (Å²) < 4.78 is 4.89. The molecule has 14 heavy (non-hydrogen) atoms. The first-order chi connectivity index (χ1) is 6.79. The van der Waals surface area contributed by atoms with E-state index in [9.17, 15) is 4.79 Å². The van der Waals surface area contributed by atoms with E-state index in [1.54, 1.807) is 12.0 Å². The second kappa shape index (κ2) is 5.98. The fraction of sp³-hybridized carbons (Fsp3) is 0.900. The van der Waals surface area contributed by atoms with Crippen molar-refractivity contribution < 1.29 is 14.6 Å². The lowest BCUT2D eigenvalue weighted by molar-refractivity contribution is -0.133. The van der Waals surface area contributed by atoms with Gasteiger partial charge in [-0.3, -0.25) is 4.79 Å². The molecule has 0 saturated carbocycles. The maximum atomic E-state index is 11.6. The van der Waals surface area contributed by atoms with Crippen LogP contribution in [0.4, 0.5) is 0 Å². The molecule has 0 aromatic heterocycles. The van der Waals surface area contributed by atoms with Gasteiger partial charge in [-0.2, -0.15) is 0 Å². The Bertz CT molecular complexity index is 184. The number of carbonyl (C=O) groups excluding carboxylic acids is 1. The molecule has 1 aliphatic rings. The second-order valence-corrected chi connectivity index (χ2v) is 3.66. The highest BCUT2D eigenvalue weighted by Gasteiger charge is 2.27. The van der Waals surface area contributed by atoms with Crippen molar-refractivity contribution in [1.82, 2.24) is 4.90 Å². The fourth-order valence-corrected chi connectivity index (χ4v) is 1.87. The molecule has 0 spiro atoms. The lowest BCUT2D eigenvalue weighted by atomic mass is 10.2. The molecular formula is C10H19NO3. The average Bonchev–Trinajstić information content (AvgIpc) is 2.65. The Morgan fingerprint density at radius 3 is 3.07 bits per heavy atom. The smallest absolute Gasteiger partial charge is 0.222 e. The Kier molecular flexibility index (Phi) is 4.90. The fourth-order valence-electron chi connectivity index (χ4n) is 1.87. The highest BCUT2D eigenvalue weighted by molar-refractivity contribution is 5.76. The molecule has 1 saturated heterocycles. The first-order valence-electron chi connectivity index (χ1n) is 5.19. The number of likely N-dealkylation sites (tertiary alicyclic amines) is 1. The van der Waals surface area contributed by atoms with E-state index >= 15 is 0 Å². The molecule has 82 valence electrons. The number of aliphatic hydroxyl groups is 1. The number of aliphatic hydroxyl groups excluding tert-OH is 1. The Balaban J connectivity index is 2.28. The quantitative estimate of drug-likeness (QED) is 0.655. The van der Waals surface area contributed by atoms with E-state index in [1.807, 2.05) is 0 Å². The lowest BCUT2D eigenvalue weighted by Gasteiger charge is -2.22. The summed E-state index contributed by atoms with van der Waals surface area (Å²) in [6.45, 7) is 1.52. The van der Waals surface area contributed by atoms with Gasteiger partial charge >= 0.3 is 0 Å². The number of amides is 1. The van der Waals surface area contributed by atoms with Gasteiger partial charge in [0.2, 0.25) is 5.91 Å². The minimum atomic E-state index is 0.0602. The lowest BCUT2D eigenvalue weighted by Crippen LogP contribution is -2.37. The standard InChI is InChI=1S/C10H19NO3/c1-14-7-3-5-10(13)11-6-2-4-9(11)8-12/h9,12H,2-8H2,1H3/t9-/m0/s1. The summed E-state index contributed by atoms with van der Waals surface area (Å²) in [6, 6.07) is 0.0602. The predicted octanol–water partition coefficient (Wildman–Crippen LogP) is 0.396. The molecule has 0 radical (unpaired) electrons. The molecule has 1 aliphatic heterocycles. The Morgan fingerprint density at radius 2 is 2.43 bits per heavy atom. The van der Waals surface area contributed by atoms with Crippen LogP contribution in [0.15, 0.2) is 0 Å². The number of carbonyl (C=O) groups is 1. The molecule has 1 N–H and O–H groups in total. The summed E-state index contributed by atoms with van der Waals surface area (Å²) in [7, 11) is 1.64. The van der Waals surface area contributed by atoms with Crippen molar-refractivity contribution in [1.29, 1.82) is 0 Å². The van der Waals surface area contributed by atoms with Crippen molar-refractivity contribution in [3.8, 4) is 0 Å². The Labute approximate surface area is 84.8 Å². The number of hydrogen-bond donors (Lipinski definition) is 1. The van der Waals surface area contributed by atoms with Crippen LogP contribution in [0.2, 0.25) is 0 Å². The number of rotatable bonds is 5. The predicted molar refractivity (Wildman–Crippen MR) is 52.9 cm³/mol. The van der Waals surface area contributed by atoms with Gasteiger partial charge in [0.25, 0.3) is 0 Å². The van der Waals surface area contributed by atoms with Gasteiger partial charge in [0.1, 0.15) is 0 Å². The zero-order valence-corrected chi connectivity index (χ0v) is 8.74. The zero-order valence-electron chi connectivity index (χ0n) is 8.74. The average molecular weight is 201 g/mol. The first-order valence-corrected chi connectivity index (χ1v) is 5.19. The van der Waals surface area contributed by atoms with Crippen molar-refractivity contribution in [2.75, 3.05) is 26.9 Å². The molecule has 1 heterocycles. The van der Waals surface area contributed by atoms with Crippen molar-refractivity contribution in [3.63, 3.8) is 0 Å². The number of nitrogens with zero attached hydrogens (tertiary/aromatic N) is 1. The van der Waals surface area contributed by atoms with Crippen LogP contribution >= 0.6 is 0 Å². The Morgan fingerprint density at radius 1 is 1.64 bits per heavy atom. The maximum Gasteiger partial charge on any atom is 0.222 e. The monoisotopic (exact) mass is 201 g/mol. The molecule has 1 amide bonds. The topological polar surface area (TPSA) is 49.8 Å². The minimum absolute atomic E-state index is 0.0602. The molecule has 1 atom stereocenters. The highest BCUT2D eigenvalue weighted by atomic mass is 16.5. The van der Waals surface area contributed by atoms with Gasteiger partial charge in [0.05, 0.1) is 12.6 Å². The molecule has 0 unspecified atom stereocenters. The number of hydrogen-bond acceptors (Lipinski definition) is 3. The normalized spacial score (nSPS) is 21.6. The van der Waals surface area contributed by atoms with Crippen LogP contribution in [-0.4, -0.2) is 48.8 Å². The molecule has 0 aromatic carbocycles. The first kappa shape index (κ1) is 11.5. The third-order valence-electron chi connectivity index (χ3n) is 2.65. The van der Waals surface area contributed by atoms with E-state index in [0.29, 0.717) is 13.0 Å². The van der Waals surface area contributed by atoms with Crippen LogP contribution in [0.5, 0.6) is 0 Å². The van der Waals surface area contributed by atoms with Crippen LogP contribution in [0, 0.1) is 0 Å². The van der Waals surface area contributed by atoms with E-state index in [-0.39, 0.29) is 18.6 Å². The van der Waals surface area contributed by atoms with Gasteiger partial charge < -0.3 is 14.7 Å². The molecule has 0 aliphatic carbocycles. The van der Waals surface area contributed by atoms with Crippen molar-refractivity contribution in [2.45, 2.75) is 31.7 Å². The van der Waals surface area contributed by atoms with Gasteiger partial charge in [0.15, 0.2) is 0 Å². The largest absolute Gasteiger partial charge is 0.394 e. The summed E-state index contributed by atoms with van der Waals surface area (Å²) in [5, 5.41) is 9.04. The van der Waals surface area contributed by atoms with Gasteiger partial charge in [-0.15, -0.1) is 0 Å². The summed E-state index contributed by atoms with van der Waals surface area (Å²) in [4.78, 5) is 13.4. The van der Waals surface area contributed by atoms with Gasteiger partial charge in [-0.25, -0.2) is 0 Å². The van der Waals surface area contributed by atoms with Crippen LogP contribution in [0.25, 0.3) is 0 Å². The van der Waals surface area contributed by atoms with E-state index in [2.05, 4.69) is 0 Å². The van der Waals surface area contributed by atoms with E-state index in [1.165, 1.54) is 0 Å². The molecule has 1 rings (SSSR count). The number of ether oxygens (including phenoxy) is 1. The third kappa shape index (κ3) is 2.96. The van der Waals surface area contributed by atoms with Crippen molar-refractivity contribution >= 4 is 5.91 Å². The molecular weight excluding hydrogens is 182 g/mol. The Hall–Kier alpha value is -0.610. The molecule has 0 bridgehead atoms. The molecule has 4 nitrogen and oxygen atoms in total. The summed E-state index contributed by atoms with van der Waals surface area (Å²) in [5.74, 6) is 0.151. The summed E-state index contributed by atoms with van der Waals surface area (Å²) in [5.41, 5.74) is 0. The van der Waals surface area contributed by atoms with E-state index < -0.39 is 0 Å². The molecule has 0 aromatic rings. The third-order valence-corrected chi connectivity index (χ3v) is 2.65. The van der Waals surface area contributed by atoms with Gasteiger partial charge in [0, 0.05) is 26.7 Å². The van der Waals surface area contributed by atoms with Crippen LogP contribution in [0.1, 0.15) is 25.7 Å². The maximum absolute atomic E-state index is 11.6. The zero-order chi connectivity index (χ0) is 10.4. The number of methoxy groups -OCH3 is 1.